The minimum Gasteiger partial charge on any atom is -0.306 e. The average Bonchev–Trinajstić information content (AvgIpc) is 2.81. The highest BCUT2D eigenvalue weighted by Crippen LogP contribution is 2.25. The average molecular weight is 439 g/mol. The quantitative estimate of drug-likeness (QED) is 0.560. The molecule has 0 unspecified atom stereocenters. The first-order valence-electron chi connectivity index (χ1n) is 11.9. The highest BCUT2D eigenvalue weighted by Gasteiger charge is 2.28. The van der Waals surface area contributed by atoms with Gasteiger partial charge in [0.15, 0.2) is 0 Å². The lowest BCUT2D eigenvalue weighted by atomic mass is 9.92. The van der Waals surface area contributed by atoms with E-state index < -0.39 is 0 Å². The molecule has 0 spiro atoms. The molecule has 0 N–H and O–H groups in total. The van der Waals surface area contributed by atoms with Crippen LogP contribution in [0.2, 0.25) is 0 Å². The molecule has 0 amide bonds. The van der Waals surface area contributed by atoms with Gasteiger partial charge in [-0.2, -0.15) is 0 Å². The summed E-state index contributed by atoms with van der Waals surface area (Å²) >= 11 is 1.81. The first-order valence-corrected chi connectivity index (χ1v) is 13.1. The molecule has 31 heavy (non-hydrogen) atoms. The molecule has 2 fully saturated rings. The van der Waals surface area contributed by atoms with Crippen LogP contribution in [0.25, 0.3) is 0 Å². The topological polar surface area (TPSA) is 22.6 Å². The Kier molecular flexibility index (Phi) is 8.42. The van der Waals surface area contributed by atoms with Crippen molar-refractivity contribution < 1.29 is 0 Å². The van der Waals surface area contributed by atoms with Crippen molar-refractivity contribution in [2.75, 3.05) is 46.0 Å². The van der Waals surface area contributed by atoms with E-state index in [1.165, 1.54) is 74.4 Å². The smallest absolute Gasteiger partial charge is 0.0271 e. The second kappa shape index (κ2) is 11.5. The van der Waals surface area contributed by atoms with Gasteiger partial charge in [0.25, 0.3) is 0 Å². The van der Waals surface area contributed by atoms with Crippen molar-refractivity contribution in [2.45, 2.75) is 49.7 Å². The Morgan fingerprint density at radius 3 is 2.10 bits per heavy atom. The molecular weight excluding hydrogens is 400 g/mol. The van der Waals surface area contributed by atoms with Gasteiger partial charge in [-0.1, -0.05) is 12.1 Å². The number of thioether (sulfide) groups is 1. The predicted octanol–water partition coefficient (Wildman–Crippen LogP) is 4.61. The number of hydrogen-bond acceptors (Lipinski definition) is 5. The molecule has 0 atom stereocenters. The summed E-state index contributed by atoms with van der Waals surface area (Å²) in [5, 5.41) is 0. The van der Waals surface area contributed by atoms with Crippen LogP contribution in [0.4, 0.5) is 0 Å². The maximum atomic E-state index is 4.20. The molecule has 0 radical (unpaired) electrons. The normalized spacial score (nSPS) is 19.8. The Morgan fingerprint density at radius 1 is 0.871 bits per heavy atom. The number of piperidine rings is 2. The van der Waals surface area contributed by atoms with Crippen LogP contribution in [0.3, 0.4) is 0 Å². The number of aromatic nitrogens is 1. The summed E-state index contributed by atoms with van der Waals surface area (Å²) in [6, 6.07) is 14.2. The maximum absolute atomic E-state index is 4.20. The summed E-state index contributed by atoms with van der Waals surface area (Å²) in [7, 11) is 2.26. The van der Waals surface area contributed by atoms with Gasteiger partial charge in [-0.3, -0.25) is 9.88 Å². The van der Waals surface area contributed by atoms with Crippen LogP contribution >= 0.6 is 11.8 Å². The Morgan fingerprint density at radius 2 is 1.48 bits per heavy atom. The monoisotopic (exact) mass is 438 g/mol. The standard InChI is InChI=1S/C26H38N4S/c1-28-15-11-25(12-16-28)30-17-9-24(10-18-30)21-29(20-23-7-13-27-14-8-23)19-22-3-5-26(31-2)6-4-22/h3-8,13-14,24-25H,9-12,15-21H2,1-2H3. The summed E-state index contributed by atoms with van der Waals surface area (Å²) in [6.07, 6.45) is 11.3. The first-order chi connectivity index (χ1) is 15.2. The van der Waals surface area contributed by atoms with Crippen LogP contribution in [-0.4, -0.2) is 71.8 Å². The van der Waals surface area contributed by atoms with E-state index >= 15 is 0 Å². The van der Waals surface area contributed by atoms with Gasteiger partial charge in [-0.05, 0) is 106 Å². The summed E-state index contributed by atoms with van der Waals surface area (Å²) in [5.74, 6) is 0.801. The fraction of sp³-hybridized carbons (Fsp3) is 0.577. The van der Waals surface area contributed by atoms with Crippen LogP contribution in [0.15, 0.2) is 53.7 Å². The van der Waals surface area contributed by atoms with Crippen molar-refractivity contribution in [3.05, 3.63) is 59.9 Å². The lowest BCUT2D eigenvalue weighted by molar-refractivity contribution is 0.0728. The molecule has 2 aliphatic heterocycles. The van der Waals surface area contributed by atoms with Gasteiger partial charge in [0, 0.05) is 43.0 Å². The van der Waals surface area contributed by atoms with Gasteiger partial charge < -0.3 is 9.80 Å². The Bertz CT molecular complexity index is 766. The van der Waals surface area contributed by atoms with Gasteiger partial charge in [0.1, 0.15) is 0 Å². The van der Waals surface area contributed by atoms with Gasteiger partial charge in [0.05, 0.1) is 0 Å². The van der Waals surface area contributed by atoms with E-state index in [4.69, 9.17) is 0 Å². The number of benzene rings is 1. The summed E-state index contributed by atoms with van der Waals surface area (Å²) in [5.41, 5.74) is 2.77. The van der Waals surface area contributed by atoms with Crippen LogP contribution in [-0.2, 0) is 13.1 Å². The van der Waals surface area contributed by atoms with Crippen molar-refractivity contribution in [2.24, 2.45) is 5.92 Å². The Hall–Kier alpha value is -1.40. The second-order valence-electron chi connectivity index (χ2n) is 9.39. The summed E-state index contributed by atoms with van der Waals surface area (Å²) in [6.45, 7) is 8.30. The third kappa shape index (κ3) is 6.79. The molecule has 1 aromatic carbocycles. The highest BCUT2D eigenvalue weighted by atomic mass is 32.2. The summed E-state index contributed by atoms with van der Waals surface area (Å²) in [4.78, 5) is 13.5. The Balaban J connectivity index is 1.34. The Labute approximate surface area is 193 Å². The number of likely N-dealkylation sites (tertiary alicyclic amines) is 2. The zero-order chi connectivity index (χ0) is 21.5. The lowest BCUT2D eigenvalue weighted by Gasteiger charge is -2.42. The van der Waals surface area contributed by atoms with E-state index in [1.807, 2.05) is 24.2 Å². The van der Waals surface area contributed by atoms with E-state index in [2.05, 4.69) is 69.4 Å². The SMILES string of the molecule is CSc1ccc(CN(Cc2ccncc2)CC2CCN(C3CCN(C)CC3)CC2)cc1. The minimum atomic E-state index is 0.801. The fourth-order valence-corrected chi connectivity index (χ4v) is 5.55. The molecule has 4 rings (SSSR count). The first kappa shape index (κ1) is 22.8. The van der Waals surface area contributed by atoms with Gasteiger partial charge in [-0.15, -0.1) is 11.8 Å². The van der Waals surface area contributed by atoms with E-state index in [0.717, 1.165) is 25.0 Å². The zero-order valence-electron chi connectivity index (χ0n) is 19.2. The molecule has 0 aliphatic carbocycles. The van der Waals surface area contributed by atoms with Crippen LogP contribution in [0.5, 0.6) is 0 Å². The molecule has 0 saturated carbocycles. The number of pyridine rings is 1. The molecule has 3 heterocycles. The highest BCUT2D eigenvalue weighted by molar-refractivity contribution is 7.98. The van der Waals surface area contributed by atoms with Crippen molar-refractivity contribution in [1.82, 2.24) is 19.7 Å². The second-order valence-corrected chi connectivity index (χ2v) is 10.3. The van der Waals surface area contributed by atoms with Gasteiger partial charge >= 0.3 is 0 Å². The number of rotatable bonds is 8. The molecule has 5 heteroatoms. The molecule has 2 aromatic rings. The maximum Gasteiger partial charge on any atom is 0.0271 e. The zero-order valence-corrected chi connectivity index (χ0v) is 20.1. The largest absolute Gasteiger partial charge is 0.306 e. The number of nitrogens with zero attached hydrogens (tertiary/aromatic N) is 4. The van der Waals surface area contributed by atoms with Crippen LogP contribution < -0.4 is 0 Å². The fourth-order valence-electron chi connectivity index (χ4n) is 5.15. The molecule has 0 bridgehead atoms. The van der Waals surface area contributed by atoms with Crippen LogP contribution in [0, 0.1) is 5.92 Å². The third-order valence-corrected chi connectivity index (χ3v) is 7.83. The van der Waals surface area contributed by atoms with E-state index in [0.29, 0.717) is 0 Å². The number of hydrogen-bond donors (Lipinski definition) is 0. The van der Waals surface area contributed by atoms with Gasteiger partial charge in [0.2, 0.25) is 0 Å². The predicted molar refractivity (Wildman–Crippen MR) is 131 cm³/mol. The molecular formula is C26H38N4S. The van der Waals surface area contributed by atoms with E-state index in [-0.39, 0.29) is 0 Å². The summed E-state index contributed by atoms with van der Waals surface area (Å²) < 4.78 is 0. The van der Waals surface area contributed by atoms with E-state index in [9.17, 15) is 0 Å². The van der Waals surface area contributed by atoms with Crippen LogP contribution in [0.1, 0.15) is 36.8 Å². The molecule has 1 aromatic heterocycles. The van der Waals surface area contributed by atoms with Crippen molar-refractivity contribution in [3.8, 4) is 0 Å². The van der Waals surface area contributed by atoms with Crippen molar-refractivity contribution >= 4 is 11.8 Å². The molecule has 2 saturated heterocycles. The minimum absolute atomic E-state index is 0.801. The molecule has 168 valence electrons. The van der Waals surface area contributed by atoms with E-state index in [1.54, 1.807) is 0 Å². The third-order valence-electron chi connectivity index (χ3n) is 7.09. The molecule has 2 aliphatic rings. The van der Waals surface area contributed by atoms with Crippen molar-refractivity contribution in [1.29, 1.82) is 0 Å². The lowest BCUT2D eigenvalue weighted by Crippen LogP contribution is -2.47. The van der Waals surface area contributed by atoms with Gasteiger partial charge in [-0.25, -0.2) is 0 Å². The van der Waals surface area contributed by atoms with Crippen molar-refractivity contribution in [3.63, 3.8) is 0 Å². The molecule has 4 nitrogen and oxygen atoms in total.